The zero-order valence-electron chi connectivity index (χ0n) is 13.1. The van der Waals surface area contributed by atoms with Crippen LogP contribution in [0.2, 0.25) is 0 Å². The SMILES string of the molecule is CCN1CCOC[C@@H]1C(=O)NC1C2CC3CC(C2)CC1C3. The summed E-state index contributed by atoms with van der Waals surface area (Å²) in [6, 6.07) is 0.381. The van der Waals surface area contributed by atoms with Gasteiger partial charge < -0.3 is 10.1 Å². The Bertz CT molecular complexity index is 384. The summed E-state index contributed by atoms with van der Waals surface area (Å²) in [7, 11) is 0. The molecule has 1 N–H and O–H groups in total. The van der Waals surface area contributed by atoms with Crippen LogP contribution in [0.3, 0.4) is 0 Å². The van der Waals surface area contributed by atoms with Gasteiger partial charge in [-0.25, -0.2) is 0 Å². The van der Waals surface area contributed by atoms with E-state index < -0.39 is 0 Å². The minimum atomic E-state index is -0.0686. The van der Waals surface area contributed by atoms with Gasteiger partial charge in [0, 0.05) is 12.6 Å². The molecule has 4 saturated carbocycles. The Morgan fingerprint density at radius 3 is 2.43 bits per heavy atom. The topological polar surface area (TPSA) is 41.6 Å². The van der Waals surface area contributed by atoms with E-state index in [1.807, 2.05) is 0 Å². The number of rotatable bonds is 3. The number of carbonyl (C=O) groups excluding carboxylic acids is 1. The lowest BCUT2D eigenvalue weighted by Crippen LogP contribution is -2.60. The molecule has 0 spiro atoms. The van der Waals surface area contributed by atoms with E-state index >= 15 is 0 Å². The smallest absolute Gasteiger partial charge is 0.239 e. The number of likely N-dealkylation sites (N-methyl/N-ethyl adjacent to an activating group) is 1. The molecule has 1 aliphatic heterocycles. The molecule has 1 saturated heterocycles. The third kappa shape index (κ3) is 2.50. The van der Waals surface area contributed by atoms with Crippen LogP contribution in [0, 0.1) is 23.7 Å². The lowest BCUT2D eigenvalue weighted by molar-refractivity contribution is -0.136. The van der Waals surface area contributed by atoms with Crippen LogP contribution in [0.25, 0.3) is 0 Å². The van der Waals surface area contributed by atoms with Crippen LogP contribution in [0.4, 0.5) is 0 Å². The zero-order valence-corrected chi connectivity index (χ0v) is 13.1. The van der Waals surface area contributed by atoms with Crippen molar-refractivity contribution in [3.05, 3.63) is 0 Å². The van der Waals surface area contributed by atoms with Gasteiger partial charge in [0.25, 0.3) is 0 Å². The van der Waals surface area contributed by atoms with E-state index in [9.17, 15) is 4.79 Å². The number of amides is 1. The highest BCUT2D eigenvalue weighted by Gasteiger charge is 2.49. The fourth-order valence-electron chi connectivity index (χ4n) is 5.68. The van der Waals surface area contributed by atoms with Crippen molar-refractivity contribution in [2.45, 2.75) is 51.1 Å². The van der Waals surface area contributed by atoms with Crippen LogP contribution >= 0.6 is 0 Å². The van der Waals surface area contributed by atoms with E-state index in [0.29, 0.717) is 12.6 Å². The van der Waals surface area contributed by atoms with Crippen molar-refractivity contribution < 1.29 is 9.53 Å². The summed E-state index contributed by atoms with van der Waals surface area (Å²) in [6.45, 7) is 5.27. The molecule has 5 rings (SSSR count). The zero-order chi connectivity index (χ0) is 14.4. The minimum Gasteiger partial charge on any atom is -0.378 e. The van der Waals surface area contributed by atoms with E-state index in [-0.39, 0.29) is 11.9 Å². The molecule has 0 radical (unpaired) electrons. The first-order valence-corrected chi connectivity index (χ1v) is 8.86. The standard InChI is InChI=1S/C17H28N2O2/c1-2-19-3-4-21-10-15(19)17(20)18-16-13-6-11-5-12(8-13)9-14(16)7-11/h11-16H,2-10H2,1H3,(H,18,20)/t11?,12?,13?,14?,15-,16?/m1/s1. The van der Waals surface area contributed by atoms with Crippen molar-refractivity contribution >= 4 is 5.91 Å². The van der Waals surface area contributed by atoms with Gasteiger partial charge in [0.15, 0.2) is 0 Å². The average Bonchev–Trinajstić information content (AvgIpc) is 2.50. The summed E-state index contributed by atoms with van der Waals surface area (Å²) in [5, 5.41) is 3.44. The first-order chi connectivity index (χ1) is 10.2. The monoisotopic (exact) mass is 292 g/mol. The molecule has 1 atom stereocenters. The molecule has 0 aromatic rings. The summed E-state index contributed by atoms with van der Waals surface area (Å²) in [4.78, 5) is 15.0. The van der Waals surface area contributed by atoms with Gasteiger partial charge in [-0.3, -0.25) is 9.69 Å². The Labute approximate surface area is 127 Å². The molecular formula is C17H28N2O2. The Hall–Kier alpha value is -0.610. The maximum absolute atomic E-state index is 12.7. The molecule has 5 aliphatic rings. The van der Waals surface area contributed by atoms with Crippen molar-refractivity contribution in [1.82, 2.24) is 10.2 Å². The van der Waals surface area contributed by atoms with Crippen molar-refractivity contribution in [2.24, 2.45) is 23.7 Å². The van der Waals surface area contributed by atoms with Crippen LogP contribution < -0.4 is 5.32 Å². The lowest BCUT2D eigenvalue weighted by Gasteiger charge is -2.54. The second-order valence-corrected chi connectivity index (χ2v) is 7.68. The number of hydrogen-bond acceptors (Lipinski definition) is 3. The fraction of sp³-hybridized carbons (Fsp3) is 0.941. The number of carbonyl (C=O) groups is 1. The number of ether oxygens (including phenoxy) is 1. The Balaban J connectivity index is 1.42. The van der Waals surface area contributed by atoms with Crippen LogP contribution in [0.15, 0.2) is 0 Å². The van der Waals surface area contributed by atoms with E-state index in [1.165, 1.54) is 32.1 Å². The highest BCUT2D eigenvalue weighted by molar-refractivity contribution is 5.82. The molecule has 4 nitrogen and oxygen atoms in total. The van der Waals surface area contributed by atoms with Crippen LogP contribution in [0.1, 0.15) is 39.0 Å². The maximum Gasteiger partial charge on any atom is 0.239 e. The average molecular weight is 292 g/mol. The van der Waals surface area contributed by atoms with Gasteiger partial charge in [0.1, 0.15) is 6.04 Å². The van der Waals surface area contributed by atoms with E-state index in [1.54, 1.807) is 0 Å². The lowest BCUT2D eigenvalue weighted by atomic mass is 9.54. The molecule has 4 aliphatic carbocycles. The normalized spacial score (nSPS) is 45.8. The number of hydrogen-bond donors (Lipinski definition) is 1. The summed E-state index contributed by atoms with van der Waals surface area (Å²) >= 11 is 0. The number of nitrogens with one attached hydrogen (secondary N) is 1. The fourth-order valence-corrected chi connectivity index (χ4v) is 5.68. The predicted octanol–water partition coefficient (Wildman–Crippen LogP) is 1.65. The molecule has 4 bridgehead atoms. The first-order valence-electron chi connectivity index (χ1n) is 8.86. The van der Waals surface area contributed by atoms with E-state index in [4.69, 9.17) is 4.74 Å². The van der Waals surface area contributed by atoms with Crippen LogP contribution in [-0.4, -0.2) is 49.2 Å². The number of nitrogens with zero attached hydrogens (tertiary/aromatic N) is 1. The molecule has 0 unspecified atom stereocenters. The third-order valence-corrected chi connectivity index (χ3v) is 6.48. The molecule has 5 fully saturated rings. The van der Waals surface area contributed by atoms with Gasteiger partial charge in [0.2, 0.25) is 5.91 Å². The molecule has 21 heavy (non-hydrogen) atoms. The second-order valence-electron chi connectivity index (χ2n) is 7.68. The van der Waals surface area contributed by atoms with Crippen molar-refractivity contribution in [3.63, 3.8) is 0 Å². The maximum atomic E-state index is 12.7. The first kappa shape index (κ1) is 14.0. The van der Waals surface area contributed by atoms with Crippen molar-refractivity contribution in [2.75, 3.05) is 26.3 Å². The van der Waals surface area contributed by atoms with Gasteiger partial charge in [-0.2, -0.15) is 0 Å². The second kappa shape index (κ2) is 5.54. The highest BCUT2D eigenvalue weighted by Crippen LogP contribution is 2.53. The third-order valence-electron chi connectivity index (χ3n) is 6.48. The summed E-state index contributed by atoms with van der Waals surface area (Å²) in [5.41, 5.74) is 0. The largest absolute Gasteiger partial charge is 0.378 e. The van der Waals surface area contributed by atoms with Crippen molar-refractivity contribution in [1.29, 1.82) is 0 Å². The van der Waals surface area contributed by atoms with Gasteiger partial charge in [-0.1, -0.05) is 6.92 Å². The summed E-state index contributed by atoms with van der Waals surface area (Å²) in [6.07, 6.45) is 6.90. The van der Waals surface area contributed by atoms with Gasteiger partial charge >= 0.3 is 0 Å². The number of morpholine rings is 1. The van der Waals surface area contributed by atoms with Crippen molar-refractivity contribution in [3.8, 4) is 0 Å². The highest BCUT2D eigenvalue weighted by atomic mass is 16.5. The summed E-state index contributed by atoms with van der Waals surface area (Å²) < 4.78 is 5.54. The molecule has 1 amide bonds. The van der Waals surface area contributed by atoms with Crippen LogP contribution in [0.5, 0.6) is 0 Å². The molecular weight excluding hydrogens is 264 g/mol. The van der Waals surface area contributed by atoms with Gasteiger partial charge in [0.05, 0.1) is 13.2 Å². The summed E-state index contributed by atoms with van der Waals surface area (Å²) in [5.74, 6) is 3.65. The van der Waals surface area contributed by atoms with Gasteiger partial charge in [-0.05, 0) is 62.3 Å². The van der Waals surface area contributed by atoms with Gasteiger partial charge in [-0.15, -0.1) is 0 Å². The molecule has 4 heteroatoms. The van der Waals surface area contributed by atoms with E-state index in [0.717, 1.165) is 43.4 Å². The van der Waals surface area contributed by atoms with Crippen LogP contribution in [-0.2, 0) is 9.53 Å². The molecule has 1 heterocycles. The molecule has 0 aromatic carbocycles. The predicted molar refractivity (Wildman–Crippen MR) is 80.8 cm³/mol. The molecule has 118 valence electrons. The Morgan fingerprint density at radius 1 is 1.14 bits per heavy atom. The minimum absolute atomic E-state index is 0.0686. The van der Waals surface area contributed by atoms with E-state index in [2.05, 4.69) is 17.1 Å². The Kier molecular flexibility index (Phi) is 3.70. The Morgan fingerprint density at radius 2 is 1.81 bits per heavy atom. The molecule has 0 aromatic heterocycles. The quantitative estimate of drug-likeness (QED) is 0.860.